The third-order valence-electron chi connectivity index (χ3n) is 14.0. The molecule has 72 heavy (non-hydrogen) atoms. The molecule has 0 aliphatic carbocycles. The third kappa shape index (κ3) is 29.9. The molecule has 2 aliphatic heterocycles. The fraction of sp³-hybridized carbons (Fsp3) is 0.845. The van der Waals surface area contributed by atoms with Crippen molar-refractivity contribution in [3.63, 3.8) is 0 Å². The number of nitrogens with one attached hydrogen (secondary N) is 1. The number of rotatable bonds is 45. The summed E-state index contributed by atoms with van der Waals surface area (Å²) in [6.45, 7) is 2.73. The molecule has 2 saturated heterocycles. The molecule has 420 valence electrons. The van der Waals surface area contributed by atoms with Crippen LogP contribution in [0.3, 0.4) is 0 Å². The molecule has 0 spiro atoms. The minimum Gasteiger partial charge on any atom is -0.394 e. The molecule has 0 aromatic carbocycles. The molecule has 0 bridgehead atoms. The van der Waals surface area contributed by atoms with Gasteiger partial charge in [0.15, 0.2) is 12.6 Å². The van der Waals surface area contributed by atoms with Gasteiger partial charge in [-0.15, -0.1) is 0 Å². The Morgan fingerprint density at radius 2 is 0.931 bits per heavy atom. The van der Waals surface area contributed by atoms with Crippen molar-refractivity contribution in [1.29, 1.82) is 0 Å². The summed E-state index contributed by atoms with van der Waals surface area (Å²) in [6.07, 6.45) is 37.4. The maximum atomic E-state index is 13.2. The predicted molar refractivity (Wildman–Crippen MR) is 286 cm³/mol. The lowest BCUT2D eigenvalue weighted by atomic mass is 9.97. The van der Waals surface area contributed by atoms with Crippen LogP contribution < -0.4 is 5.32 Å². The largest absolute Gasteiger partial charge is 0.394 e. The van der Waals surface area contributed by atoms with Crippen molar-refractivity contribution in [3.8, 4) is 0 Å². The van der Waals surface area contributed by atoms with Gasteiger partial charge in [-0.3, -0.25) is 4.79 Å². The van der Waals surface area contributed by atoms with Crippen LogP contribution in [0.25, 0.3) is 0 Å². The molecule has 2 heterocycles. The fourth-order valence-electron chi connectivity index (χ4n) is 9.28. The molecular formula is C58H105NO13. The molecule has 2 rings (SSSR count). The van der Waals surface area contributed by atoms with Crippen molar-refractivity contribution in [1.82, 2.24) is 5.32 Å². The second-order valence-electron chi connectivity index (χ2n) is 20.4. The Balaban J connectivity index is 1.70. The van der Waals surface area contributed by atoms with Crippen LogP contribution in [0.15, 0.2) is 48.6 Å². The number of amides is 1. The Morgan fingerprint density at radius 3 is 1.44 bits per heavy atom. The van der Waals surface area contributed by atoms with Crippen LogP contribution in [0.4, 0.5) is 0 Å². The SMILES string of the molecule is CCCCCCC/C=C\C/C=C\CCCCCCCCCCCCCCCCCC(=O)NC(COC1OC(CO)C(OC2OC(CO)C(O)C(O)C2O)C(O)C1O)C(O)/C=C/CC/C=C/CCCCCCC. The predicted octanol–water partition coefficient (Wildman–Crippen LogP) is 9.22. The first-order chi connectivity index (χ1) is 35.1. The van der Waals surface area contributed by atoms with Crippen molar-refractivity contribution in [2.24, 2.45) is 0 Å². The van der Waals surface area contributed by atoms with Crippen LogP contribution in [0, 0.1) is 0 Å². The third-order valence-corrected chi connectivity index (χ3v) is 14.0. The highest BCUT2D eigenvalue weighted by Gasteiger charge is 2.51. The Kier molecular flexibility index (Phi) is 40.5. The average Bonchev–Trinajstić information content (AvgIpc) is 3.38. The number of ether oxygens (including phenoxy) is 4. The first-order valence-electron chi connectivity index (χ1n) is 28.9. The molecule has 1 amide bonds. The van der Waals surface area contributed by atoms with E-state index in [0.717, 1.165) is 38.5 Å². The number of aliphatic hydroxyl groups excluding tert-OH is 8. The molecule has 0 aromatic heterocycles. The van der Waals surface area contributed by atoms with E-state index >= 15 is 0 Å². The van der Waals surface area contributed by atoms with Gasteiger partial charge < -0.3 is 65.1 Å². The Bertz CT molecular complexity index is 1390. The second-order valence-corrected chi connectivity index (χ2v) is 20.4. The lowest BCUT2D eigenvalue weighted by molar-refractivity contribution is -0.359. The summed E-state index contributed by atoms with van der Waals surface area (Å²) in [6, 6.07) is -0.930. The highest BCUT2D eigenvalue weighted by atomic mass is 16.7. The number of carbonyl (C=O) groups excluding carboxylic acids is 1. The Hall–Kier alpha value is -2.05. The van der Waals surface area contributed by atoms with Crippen LogP contribution >= 0.6 is 0 Å². The van der Waals surface area contributed by atoms with Crippen molar-refractivity contribution >= 4 is 5.91 Å². The zero-order valence-corrected chi connectivity index (χ0v) is 44.9. The fourth-order valence-corrected chi connectivity index (χ4v) is 9.28. The van der Waals surface area contributed by atoms with Crippen LogP contribution in [-0.4, -0.2) is 140 Å². The van der Waals surface area contributed by atoms with Gasteiger partial charge in [0.25, 0.3) is 0 Å². The van der Waals surface area contributed by atoms with E-state index in [0.29, 0.717) is 12.8 Å². The summed E-state index contributed by atoms with van der Waals surface area (Å²) in [5.74, 6) is -0.251. The van der Waals surface area contributed by atoms with Crippen molar-refractivity contribution in [3.05, 3.63) is 48.6 Å². The van der Waals surface area contributed by atoms with E-state index in [2.05, 4.69) is 55.6 Å². The van der Waals surface area contributed by atoms with E-state index in [1.165, 1.54) is 148 Å². The number of allylic oxidation sites excluding steroid dienone is 7. The van der Waals surface area contributed by atoms with Gasteiger partial charge in [0.1, 0.15) is 48.8 Å². The van der Waals surface area contributed by atoms with E-state index in [9.17, 15) is 45.6 Å². The van der Waals surface area contributed by atoms with Crippen LogP contribution in [-0.2, 0) is 23.7 Å². The van der Waals surface area contributed by atoms with Crippen molar-refractivity contribution in [2.45, 2.75) is 293 Å². The highest BCUT2D eigenvalue weighted by Crippen LogP contribution is 2.30. The molecule has 14 nitrogen and oxygen atoms in total. The molecule has 12 atom stereocenters. The number of aliphatic hydroxyl groups is 8. The van der Waals surface area contributed by atoms with Gasteiger partial charge >= 0.3 is 0 Å². The molecule has 9 N–H and O–H groups in total. The number of unbranched alkanes of at least 4 members (excludes halogenated alkanes) is 26. The summed E-state index contributed by atoms with van der Waals surface area (Å²) in [7, 11) is 0. The molecule has 14 heteroatoms. The number of hydrogen-bond donors (Lipinski definition) is 9. The molecule has 0 aromatic rings. The smallest absolute Gasteiger partial charge is 0.220 e. The number of hydrogen-bond acceptors (Lipinski definition) is 13. The van der Waals surface area contributed by atoms with Gasteiger partial charge in [-0.05, 0) is 64.2 Å². The van der Waals surface area contributed by atoms with Gasteiger partial charge in [-0.2, -0.15) is 0 Å². The van der Waals surface area contributed by atoms with Crippen LogP contribution in [0.1, 0.15) is 219 Å². The second kappa shape index (κ2) is 44.1. The Labute approximate surface area is 435 Å². The molecule has 12 unspecified atom stereocenters. The van der Waals surface area contributed by atoms with Crippen LogP contribution in [0.5, 0.6) is 0 Å². The van der Waals surface area contributed by atoms with Gasteiger partial charge in [-0.25, -0.2) is 0 Å². The van der Waals surface area contributed by atoms with Gasteiger partial charge in [0.05, 0.1) is 32.0 Å². The molecule has 0 saturated carbocycles. The molecule has 2 aliphatic rings. The number of carbonyl (C=O) groups is 1. The Morgan fingerprint density at radius 1 is 0.500 bits per heavy atom. The van der Waals surface area contributed by atoms with E-state index in [4.69, 9.17) is 18.9 Å². The van der Waals surface area contributed by atoms with Gasteiger partial charge in [-0.1, -0.05) is 197 Å². The lowest BCUT2D eigenvalue weighted by Gasteiger charge is -2.46. The van der Waals surface area contributed by atoms with Crippen molar-refractivity contribution < 1.29 is 64.6 Å². The quantitative estimate of drug-likeness (QED) is 0.0205. The molecule has 0 radical (unpaired) electrons. The molecule has 2 fully saturated rings. The van der Waals surface area contributed by atoms with E-state index < -0.39 is 86.8 Å². The summed E-state index contributed by atoms with van der Waals surface area (Å²) in [4.78, 5) is 13.2. The zero-order chi connectivity index (χ0) is 52.4. The molecular weight excluding hydrogens is 919 g/mol. The average molecular weight is 1020 g/mol. The van der Waals surface area contributed by atoms with Gasteiger partial charge in [0.2, 0.25) is 5.91 Å². The van der Waals surface area contributed by atoms with Crippen LogP contribution in [0.2, 0.25) is 0 Å². The standard InChI is InChI=1S/C58H105NO13/c1-3-5-7-9-11-13-15-16-17-18-19-20-21-22-23-24-25-26-27-28-29-30-32-34-36-38-40-42-50(63)59-46(47(62)41-39-37-35-33-31-14-12-10-8-6-4-2)45-69-57-55(68)53(66)56(49(44-61)71-57)72-58-54(67)52(65)51(64)48(43-60)70-58/h15-16,18-19,31,33,39,41,46-49,51-58,60-62,64-68H,3-14,17,20-30,32,34-38,40,42-45H2,1-2H3,(H,59,63)/b16-15-,19-18-,33-31+,41-39+. The summed E-state index contributed by atoms with van der Waals surface area (Å²) < 4.78 is 22.7. The van der Waals surface area contributed by atoms with Crippen molar-refractivity contribution in [2.75, 3.05) is 19.8 Å². The van der Waals surface area contributed by atoms with Gasteiger partial charge in [0, 0.05) is 6.42 Å². The first-order valence-corrected chi connectivity index (χ1v) is 28.9. The minimum absolute atomic E-state index is 0.251. The lowest BCUT2D eigenvalue weighted by Crippen LogP contribution is -2.65. The highest BCUT2D eigenvalue weighted by molar-refractivity contribution is 5.76. The summed E-state index contributed by atoms with van der Waals surface area (Å²) >= 11 is 0. The monoisotopic (exact) mass is 1020 g/mol. The topological polar surface area (TPSA) is 228 Å². The summed E-state index contributed by atoms with van der Waals surface area (Å²) in [5, 5.41) is 86.8. The normalized spacial score (nSPS) is 25.9. The summed E-state index contributed by atoms with van der Waals surface area (Å²) in [5.41, 5.74) is 0. The van der Waals surface area contributed by atoms with E-state index in [1.807, 2.05) is 6.08 Å². The minimum atomic E-state index is -1.79. The maximum Gasteiger partial charge on any atom is 0.220 e. The first kappa shape index (κ1) is 66.1. The van der Waals surface area contributed by atoms with E-state index in [1.54, 1.807) is 6.08 Å². The maximum absolute atomic E-state index is 13.2. The van der Waals surface area contributed by atoms with E-state index in [-0.39, 0.29) is 18.9 Å². The zero-order valence-electron chi connectivity index (χ0n) is 44.9.